The van der Waals surface area contributed by atoms with Gasteiger partial charge in [-0.15, -0.1) is 0 Å². The number of nitrogens with zero attached hydrogens (tertiary/aromatic N) is 3. The fourth-order valence-electron chi connectivity index (χ4n) is 5.78. The third-order valence-corrected chi connectivity index (χ3v) is 8.09. The minimum absolute atomic E-state index is 0.00586. The smallest absolute Gasteiger partial charge is 0.302 e. The number of hydrogen-bond donors (Lipinski definition) is 2. The van der Waals surface area contributed by atoms with Crippen molar-refractivity contribution in [3.05, 3.63) is 113 Å². The summed E-state index contributed by atoms with van der Waals surface area (Å²) < 4.78 is 13.3. The normalized spacial score (nSPS) is 20.3. The summed E-state index contributed by atoms with van der Waals surface area (Å²) in [4.78, 5) is 60.2. The summed E-state index contributed by atoms with van der Waals surface area (Å²) >= 11 is 0. The molecule has 2 aliphatic heterocycles. The van der Waals surface area contributed by atoms with Gasteiger partial charge in [0.15, 0.2) is 0 Å². The number of benzene rings is 3. The van der Waals surface area contributed by atoms with Crippen LogP contribution < -0.4 is 10.6 Å². The summed E-state index contributed by atoms with van der Waals surface area (Å²) in [5, 5.41) is 5.51. The third kappa shape index (κ3) is 5.21. The van der Waals surface area contributed by atoms with Crippen molar-refractivity contribution in [1.29, 1.82) is 0 Å². The molecule has 42 heavy (non-hydrogen) atoms. The van der Waals surface area contributed by atoms with Crippen LogP contribution in [-0.4, -0.2) is 65.3 Å². The molecule has 3 aromatic carbocycles. The van der Waals surface area contributed by atoms with Gasteiger partial charge in [-0.25, -0.2) is 11.0 Å². The van der Waals surface area contributed by atoms with E-state index in [1.165, 1.54) is 35.9 Å². The summed E-state index contributed by atoms with van der Waals surface area (Å²) in [5.41, 5.74) is 1.35. The van der Waals surface area contributed by atoms with Crippen LogP contribution in [0.3, 0.4) is 0 Å². The van der Waals surface area contributed by atoms with Gasteiger partial charge in [0.25, 0.3) is 11.8 Å². The van der Waals surface area contributed by atoms with Crippen LogP contribution in [0.25, 0.3) is 4.85 Å². The average Bonchev–Trinajstić information content (AvgIpc) is 3.53. The van der Waals surface area contributed by atoms with Crippen LogP contribution in [0.15, 0.2) is 78.9 Å². The summed E-state index contributed by atoms with van der Waals surface area (Å²) in [5.74, 6) is -2.28. The van der Waals surface area contributed by atoms with E-state index in [4.69, 9.17) is 6.57 Å². The minimum atomic E-state index is -1.06. The van der Waals surface area contributed by atoms with Gasteiger partial charge in [0.1, 0.15) is 23.3 Å². The second kappa shape index (κ2) is 11.4. The van der Waals surface area contributed by atoms with Gasteiger partial charge in [0.2, 0.25) is 11.8 Å². The van der Waals surface area contributed by atoms with Crippen LogP contribution in [0.5, 0.6) is 0 Å². The first-order valence-electron chi connectivity index (χ1n) is 13.6. The van der Waals surface area contributed by atoms with Crippen molar-refractivity contribution in [2.45, 2.75) is 43.4 Å². The molecular formula is C32H30FN5O4. The fourth-order valence-corrected chi connectivity index (χ4v) is 5.78. The molecule has 2 heterocycles. The molecule has 5 rings (SSSR count). The van der Waals surface area contributed by atoms with E-state index in [1.807, 2.05) is 48.5 Å². The Kier molecular flexibility index (Phi) is 7.77. The van der Waals surface area contributed by atoms with Crippen molar-refractivity contribution in [2.75, 3.05) is 18.9 Å². The number of nitrogens with one attached hydrogen (secondary N) is 2. The Morgan fingerprint density at radius 2 is 1.76 bits per heavy atom. The molecule has 0 unspecified atom stereocenters. The lowest BCUT2D eigenvalue weighted by molar-refractivity contribution is -0.145. The van der Waals surface area contributed by atoms with Crippen molar-refractivity contribution < 1.29 is 23.6 Å². The number of anilines is 1. The number of likely N-dealkylation sites (N-methyl/N-ethyl adjacent to an activating group) is 1. The van der Waals surface area contributed by atoms with Crippen LogP contribution in [-0.2, 0) is 26.2 Å². The van der Waals surface area contributed by atoms with Crippen LogP contribution in [0.1, 0.15) is 34.8 Å². The lowest BCUT2D eigenvalue weighted by Gasteiger charge is -2.33. The maximum Gasteiger partial charge on any atom is 0.302 e. The largest absolute Gasteiger partial charge is 0.341 e. The number of carbonyl (C=O) groups excluding carboxylic acids is 4. The van der Waals surface area contributed by atoms with Gasteiger partial charge in [-0.2, -0.15) is 0 Å². The molecule has 1 saturated heterocycles. The Balaban J connectivity index is 1.41. The molecule has 0 bridgehead atoms. The zero-order chi connectivity index (χ0) is 30.0. The van der Waals surface area contributed by atoms with E-state index in [0.717, 1.165) is 23.3 Å². The Morgan fingerprint density at radius 3 is 2.45 bits per heavy atom. The van der Waals surface area contributed by atoms with Gasteiger partial charge >= 0.3 is 6.17 Å². The summed E-state index contributed by atoms with van der Waals surface area (Å²) in [7, 11) is 1.49. The van der Waals surface area contributed by atoms with Gasteiger partial charge in [-0.3, -0.25) is 28.9 Å². The number of rotatable bonds is 7. The highest BCUT2D eigenvalue weighted by molar-refractivity contribution is 6.07. The van der Waals surface area contributed by atoms with E-state index >= 15 is 0 Å². The highest BCUT2D eigenvalue weighted by Crippen LogP contribution is 2.46. The Bertz CT molecular complexity index is 1570. The number of para-hydroxylation sites is 1. The quantitative estimate of drug-likeness (QED) is 0.428. The van der Waals surface area contributed by atoms with Gasteiger partial charge < -0.3 is 15.5 Å². The number of amides is 4. The molecule has 4 amide bonds. The number of fused-ring (bicyclic) bond motifs is 2. The highest BCUT2D eigenvalue weighted by Gasteiger charge is 2.59. The van der Waals surface area contributed by atoms with E-state index in [0.29, 0.717) is 5.69 Å². The maximum atomic E-state index is 14.3. The van der Waals surface area contributed by atoms with Gasteiger partial charge in [-0.05, 0) is 48.4 Å². The molecule has 214 valence electrons. The molecule has 4 atom stereocenters. The summed E-state index contributed by atoms with van der Waals surface area (Å²) in [6, 6.07) is 19.4. The zero-order valence-corrected chi connectivity index (χ0v) is 23.2. The molecule has 0 saturated carbocycles. The molecule has 9 nitrogen and oxygen atoms in total. The summed E-state index contributed by atoms with van der Waals surface area (Å²) in [6.45, 7) is 9.38. The van der Waals surface area contributed by atoms with E-state index in [2.05, 4.69) is 15.5 Å². The standard InChI is InChI=1S/C32H30FN5O4/c1-20(35-28(39)22-13-15-23(33)16-14-22)29(40)37(3)26(17-21-9-5-4-6-10-21)30(41)38-19-32(18-27(38)34-2)24-11-7-8-12-25(24)36-31(32)42/h4-16,20,26-27H,17-19H2,1,3H3,(H,35,39)(H,36,42)/t20-,26-,27-,32-/m0/s1. The van der Waals surface area contributed by atoms with Crippen LogP contribution >= 0.6 is 0 Å². The first kappa shape index (κ1) is 28.5. The van der Waals surface area contributed by atoms with Crippen LogP contribution in [0.4, 0.5) is 10.1 Å². The molecular weight excluding hydrogens is 537 g/mol. The van der Waals surface area contributed by atoms with Gasteiger partial charge in [0.05, 0.1) is 6.42 Å². The molecule has 1 spiro atoms. The number of halogens is 1. The second-order valence-electron chi connectivity index (χ2n) is 10.7. The van der Waals surface area contributed by atoms with E-state index in [-0.39, 0.29) is 30.9 Å². The Morgan fingerprint density at radius 1 is 1.10 bits per heavy atom. The van der Waals surface area contributed by atoms with Crippen molar-refractivity contribution >= 4 is 29.3 Å². The molecule has 1 fully saturated rings. The zero-order valence-electron chi connectivity index (χ0n) is 23.2. The minimum Gasteiger partial charge on any atom is -0.341 e. The SMILES string of the molecule is [C-]#[N+][C@@H]1C[C@@]2(CN1C(=O)[C@H](Cc1ccccc1)N(C)C(=O)[C@H](C)NC(=O)c1ccc(F)cc1)C(=O)Nc1ccccc12. The number of likely N-dealkylation sites (tertiary alicyclic amines) is 1. The molecule has 3 aromatic rings. The number of carbonyl (C=O) groups is 4. The number of hydrogen-bond acceptors (Lipinski definition) is 4. The molecule has 0 radical (unpaired) electrons. The Labute approximate surface area is 243 Å². The van der Waals surface area contributed by atoms with Crippen molar-refractivity contribution in [3.63, 3.8) is 0 Å². The predicted molar refractivity (Wildman–Crippen MR) is 154 cm³/mol. The topological polar surface area (TPSA) is 103 Å². The first-order valence-corrected chi connectivity index (χ1v) is 13.6. The average molecular weight is 568 g/mol. The van der Waals surface area contributed by atoms with Crippen molar-refractivity contribution in [1.82, 2.24) is 15.1 Å². The van der Waals surface area contributed by atoms with E-state index in [9.17, 15) is 23.6 Å². The molecule has 0 aliphatic carbocycles. The molecule has 0 aromatic heterocycles. The van der Waals surface area contributed by atoms with E-state index < -0.39 is 47.2 Å². The third-order valence-electron chi connectivity index (χ3n) is 8.09. The second-order valence-corrected chi connectivity index (χ2v) is 10.7. The molecule has 10 heteroatoms. The van der Waals surface area contributed by atoms with Gasteiger partial charge in [-0.1, -0.05) is 48.5 Å². The lowest BCUT2D eigenvalue weighted by atomic mass is 9.80. The van der Waals surface area contributed by atoms with Crippen LogP contribution in [0, 0.1) is 12.4 Å². The van der Waals surface area contributed by atoms with E-state index in [1.54, 1.807) is 6.07 Å². The highest BCUT2D eigenvalue weighted by atomic mass is 19.1. The monoisotopic (exact) mass is 567 g/mol. The fraction of sp³-hybridized carbons (Fsp3) is 0.281. The maximum absolute atomic E-state index is 14.3. The van der Waals surface area contributed by atoms with Crippen molar-refractivity contribution in [3.8, 4) is 0 Å². The van der Waals surface area contributed by atoms with Gasteiger partial charge in [0, 0.05) is 31.3 Å². The molecule has 2 N–H and O–H groups in total. The van der Waals surface area contributed by atoms with Crippen molar-refractivity contribution in [2.24, 2.45) is 0 Å². The van der Waals surface area contributed by atoms with Crippen LogP contribution in [0.2, 0.25) is 0 Å². The molecule has 2 aliphatic rings. The first-order chi connectivity index (χ1) is 20.1. The predicted octanol–water partition coefficient (Wildman–Crippen LogP) is 3.38. The Hall–Kier alpha value is -5.04. The lowest BCUT2D eigenvalue weighted by Crippen LogP contribution is -2.55. The summed E-state index contributed by atoms with van der Waals surface area (Å²) in [6.07, 6.45) is -0.588.